The number of nitrogens with zero attached hydrogens (tertiary/aromatic N) is 2. The molecule has 4 N–H and O–H groups in total. The Morgan fingerprint density at radius 3 is 2.58 bits per heavy atom. The van der Waals surface area contributed by atoms with Crippen LogP contribution in [0.3, 0.4) is 0 Å². The van der Waals surface area contributed by atoms with Crippen molar-refractivity contribution in [1.82, 2.24) is 4.90 Å². The van der Waals surface area contributed by atoms with Crippen LogP contribution < -0.4 is 5.73 Å². The minimum atomic E-state index is 0.100. The van der Waals surface area contributed by atoms with Crippen LogP contribution in [0, 0.1) is 5.41 Å². The van der Waals surface area contributed by atoms with Crippen LogP contribution in [-0.2, 0) is 4.74 Å². The van der Waals surface area contributed by atoms with Crippen LogP contribution in [0.1, 0.15) is 32.1 Å². The van der Waals surface area contributed by atoms with Crippen molar-refractivity contribution in [1.29, 1.82) is 0 Å². The van der Waals surface area contributed by atoms with Gasteiger partial charge in [-0.1, -0.05) is 5.16 Å². The fourth-order valence-electron chi connectivity index (χ4n) is 2.91. The molecule has 6 nitrogen and oxygen atoms in total. The van der Waals surface area contributed by atoms with Gasteiger partial charge in [0.2, 0.25) is 0 Å². The molecule has 0 atom stereocenters. The van der Waals surface area contributed by atoms with Gasteiger partial charge in [-0.3, -0.25) is 0 Å². The zero-order valence-corrected chi connectivity index (χ0v) is 11.4. The Hall–Kier alpha value is -0.850. The Balaban J connectivity index is 1.71. The van der Waals surface area contributed by atoms with E-state index in [4.69, 9.17) is 20.8 Å². The van der Waals surface area contributed by atoms with E-state index in [1.165, 1.54) is 12.8 Å². The minimum Gasteiger partial charge on any atom is -0.409 e. The maximum absolute atomic E-state index is 8.74. The van der Waals surface area contributed by atoms with Gasteiger partial charge >= 0.3 is 0 Å². The van der Waals surface area contributed by atoms with E-state index in [-0.39, 0.29) is 12.0 Å². The number of hydrogen-bond donors (Lipinski definition) is 3. The van der Waals surface area contributed by atoms with Crippen molar-refractivity contribution >= 4 is 5.84 Å². The Morgan fingerprint density at radius 2 is 2.05 bits per heavy atom. The number of piperidine rings is 1. The van der Waals surface area contributed by atoms with E-state index >= 15 is 0 Å². The topological polar surface area (TPSA) is 91.3 Å². The lowest BCUT2D eigenvalue weighted by Crippen LogP contribution is -2.41. The van der Waals surface area contributed by atoms with Gasteiger partial charge in [0, 0.05) is 26.1 Å². The second-order valence-electron chi connectivity index (χ2n) is 5.84. The Bertz CT molecular complexity index is 310. The maximum Gasteiger partial charge on any atom is 0.139 e. The highest BCUT2D eigenvalue weighted by Gasteiger charge is 2.44. The highest BCUT2D eigenvalue weighted by molar-refractivity contribution is 5.80. The maximum atomic E-state index is 8.74. The third-order valence-corrected chi connectivity index (χ3v) is 4.18. The summed E-state index contributed by atoms with van der Waals surface area (Å²) in [4.78, 5) is 2.45. The summed E-state index contributed by atoms with van der Waals surface area (Å²) in [5.41, 5.74) is 5.86. The Morgan fingerprint density at radius 1 is 1.37 bits per heavy atom. The zero-order valence-electron chi connectivity index (χ0n) is 11.4. The Labute approximate surface area is 114 Å². The molecule has 0 bridgehead atoms. The number of hydrogen-bond acceptors (Lipinski definition) is 5. The van der Waals surface area contributed by atoms with Gasteiger partial charge in [0.15, 0.2) is 0 Å². The van der Waals surface area contributed by atoms with Gasteiger partial charge in [-0.05, 0) is 31.1 Å². The lowest BCUT2D eigenvalue weighted by Gasteiger charge is -2.34. The smallest absolute Gasteiger partial charge is 0.139 e. The molecule has 0 aromatic heterocycles. The van der Waals surface area contributed by atoms with E-state index in [9.17, 15) is 0 Å². The van der Waals surface area contributed by atoms with Crippen LogP contribution in [-0.4, -0.2) is 60.0 Å². The molecule has 1 saturated carbocycles. The first kappa shape index (κ1) is 14.6. The lowest BCUT2D eigenvalue weighted by molar-refractivity contribution is -0.0105. The molecule has 1 aliphatic carbocycles. The third kappa shape index (κ3) is 4.33. The summed E-state index contributed by atoms with van der Waals surface area (Å²) < 4.78 is 5.56. The lowest BCUT2D eigenvalue weighted by atomic mass is 9.99. The fourth-order valence-corrected chi connectivity index (χ4v) is 2.91. The first-order valence-electron chi connectivity index (χ1n) is 7.09. The first-order valence-corrected chi connectivity index (χ1v) is 7.09. The number of likely N-dealkylation sites (tertiary alicyclic amines) is 1. The number of nitrogens with two attached hydrogens (primary N) is 1. The van der Waals surface area contributed by atoms with Crippen LogP contribution >= 0.6 is 0 Å². The van der Waals surface area contributed by atoms with E-state index in [1.807, 2.05) is 0 Å². The number of rotatable bonds is 7. The summed E-state index contributed by atoms with van der Waals surface area (Å²) in [5, 5.41) is 20.5. The van der Waals surface area contributed by atoms with Crippen LogP contribution in [0.25, 0.3) is 0 Å². The molecule has 19 heavy (non-hydrogen) atoms. The second kappa shape index (κ2) is 6.54. The van der Waals surface area contributed by atoms with Gasteiger partial charge in [0.1, 0.15) is 5.84 Å². The summed E-state index contributed by atoms with van der Waals surface area (Å²) in [7, 11) is 0. The van der Waals surface area contributed by atoms with Gasteiger partial charge in [-0.2, -0.15) is 0 Å². The SMILES string of the molecule is NC(CC1(CN2CCC(OCCO)CC2)CC1)=NO. The average Bonchev–Trinajstić information content (AvgIpc) is 3.17. The third-order valence-electron chi connectivity index (χ3n) is 4.18. The first-order chi connectivity index (χ1) is 9.17. The summed E-state index contributed by atoms with van der Waals surface area (Å²) in [5.74, 6) is 0.346. The molecule has 1 saturated heterocycles. The summed E-state index contributed by atoms with van der Waals surface area (Å²) in [6.45, 7) is 3.65. The average molecular weight is 271 g/mol. The van der Waals surface area contributed by atoms with Gasteiger partial charge in [-0.25, -0.2) is 0 Å². The summed E-state index contributed by atoms with van der Waals surface area (Å²) in [6.07, 6.45) is 5.39. The molecule has 2 fully saturated rings. The monoisotopic (exact) mass is 271 g/mol. The predicted octanol–water partition coefficient (Wildman–Crippen LogP) is 0.376. The molecule has 0 aromatic rings. The van der Waals surface area contributed by atoms with Crippen LogP contribution in [0.5, 0.6) is 0 Å². The van der Waals surface area contributed by atoms with Crippen LogP contribution in [0.2, 0.25) is 0 Å². The van der Waals surface area contributed by atoms with Crippen molar-refractivity contribution in [3.05, 3.63) is 0 Å². The zero-order chi connectivity index (χ0) is 13.7. The molecule has 1 heterocycles. The van der Waals surface area contributed by atoms with Crippen molar-refractivity contribution in [2.75, 3.05) is 32.8 Å². The highest BCUT2D eigenvalue weighted by Crippen LogP contribution is 2.49. The molecule has 2 rings (SSSR count). The molecule has 2 aliphatic rings. The molecular formula is C13H25N3O3. The quantitative estimate of drug-likeness (QED) is 0.269. The molecule has 0 amide bonds. The van der Waals surface area contributed by atoms with E-state index < -0.39 is 0 Å². The number of amidine groups is 1. The summed E-state index contributed by atoms with van der Waals surface area (Å²) in [6, 6.07) is 0. The van der Waals surface area contributed by atoms with E-state index in [2.05, 4.69) is 10.1 Å². The predicted molar refractivity (Wildman–Crippen MR) is 72.2 cm³/mol. The van der Waals surface area contributed by atoms with E-state index in [0.29, 0.717) is 25.0 Å². The molecular weight excluding hydrogens is 246 g/mol. The van der Waals surface area contributed by atoms with Crippen molar-refractivity contribution < 1.29 is 15.1 Å². The number of oxime groups is 1. The number of ether oxygens (including phenoxy) is 1. The molecule has 0 aromatic carbocycles. The van der Waals surface area contributed by atoms with E-state index in [1.54, 1.807) is 0 Å². The fraction of sp³-hybridized carbons (Fsp3) is 0.923. The summed E-state index contributed by atoms with van der Waals surface area (Å²) >= 11 is 0. The Kier molecular flexibility index (Phi) is 5.01. The van der Waals surface area contributed by atoms with Crippen LogP contribution in [0.15, 0.2) is 5.16 Å². The molecule has 1 aliphatic heterocycles. The van der Waals surface area contributed by atoms with Crippen LogP contribution in [0.4, 0.5) is 0 Å². The number of aliphatic hydroxyl groups is 1. The molecule has 0 radical (unpaired) electrons. The van der Waals surface area contributed by atoms with Crippen molar-refractivity contribution in [2.45, 2.75) is 38.2 Å². The van der Waals surface area contributed by atoms with Crippen molar-refractivity contribution in [3.8, 4) is 0 Å². The highest BCUT2D eigenvalue weighted by atomic mass is 16.5. The van der Waals surface area contributed by atoms with E-state index in [0.717, 1.165) is 32.5 Å². The molecule has 6 heteroatoms. The normalized spacial score (nSPS) is 24.6. The molecule has 0 unspecified atom stereocenters. The van der Waals surface area contributed by atoms with Crippen molar-refractivity contribution in [3.63, 3.8) is 0 Å². The van der Waals surface area contributed by atoms with Crippen molar-refractivity contribution in [2.24, 2.45) is 16.3 Å². The minimum absolute atomic E-state index is 0.100. The largest absolute Gasteiger partial charge is 0.409 e. The molecule has 110 valence electrons. The standard InChI is InChI=1S/C13H25N3O3/c14-12(15-18)9-13(3-4-13)10-16-5-1-11(2-6-16)19-8-7-17/h11,17-18H,1-10H2,(H2,14,15). The van der Waals surface area contributed by atoms with Gasteiger partial charge in [0.25, 0.3) is 0 Å². The van der Waals surface area contributed by atoms with Gasteiger partial charge < -0.3 is 25.7 Å². The second-order valence-corrected chi connectivity index (χ2v) is 5.84. The number of aliphatic hydroxyl groups excluding tert-OH is 1. The van der Waals surface area contributed by atoms with Gasteiger partial charge in [-0.15, -0.1) is 0 Å². The molecule has 0 spiro atoms. The van der Waals surface area contributed by atoms with Gasteiger partial charge in [0.05, 0.1) is 19.3 Å².